The summed E-state index contributed by atoms with van der Waals surface area (Å²) in [5, 5.41) is 2.10. The molecule has 3 rings (SSSR count). The molecule has 9 nitrogen and oxygen atoms in total. The Kier molecular flexibility index (Phi) is 18.8. The first-order chi connectivity index (χ1) is 27.2. The Hall–Kier alpha value is -3.86. The topological polar surface area (TPSA) is 108 Å². The normalized spacial score (nSPS) is 13.2. The lowest BCUT2D eigenvalue weighted by molar-refractivity contribution is -0.178. The summed E-state index contributed by atoms with van der Waals surface area (Å²) >= 11 is 0. The number of carbonyl (C=O) groups is 4. The molecule has 0 aliphatic heterocycles. The van der Waals surface area contributed by atoms with Gasteiger partial charge in [-0.05, 0) is 131 Å². The zero-order valence-electron chi connectivity index (χ0n) is 37.3. The Labute approximate surface area is 349 Å². The molecule has 0 aliphatic rings. The molecule has 2 atom stereocenters. The molecule has 0 heterocycles. The fraction of sp³-hybridized carbons (Fsp3) is 0.583. The fourth-order valence-electron chi connectivity index (χ4n) is 6.44. The molecule has 0 fully saturated rings. The lowest BCUT2D eigenvalue weighted by Crippen LogP contribution is -2.57. The van der Waals surface area contributed by atoms with E-state index in [2.05, 4.69) is 83.1 Å². The predicted octanol–water partition coefficient (Wildman–Crippen LogP) is 10.1. The largest absolute Gasteiger partial charge is 0.466 e. The number of unbranched alkanes of at least 4 members (excludes halogenated alkanes) is 4. The van der Waals surface area contributed by atoms with Crippen LogP contribution in [-0.2, 0) is 50.7 Å². The number of benzene rings is 3. The van der Waals surface area contributed by atoms with Crippen molar-refractivity contribution in [3.8, 4) is 0 Å². The monoisotopic (exact) mass is 817 g/mol. The van der Waals surface area contributed by atoms with Crippen LogP contribution in [0.1, 0.15) is 116 Å². The second kappa shape index (κ2) is 22.5. The number of amides is 1. The minimum absolute atomic E-state index is 0.148. The van der Waals surface area contributed by atoms with Crippen LogP contribution in [0.3, 0.4) is 0 Å². The molecule has 3 aromatic rings. The van der Waals surface area contributed by atoms with Crippen molar-refractivity contribution < 1.29 is 37.8 Å². The maximum atomic E-state index is 14.9. The van der Waals surface area contributed by atoms with Gasteiger partial charge in [-0.2, -0.15) is 0 Å². The number of ether oxygens (including phenoxy) is 3. The van der Waals surface area contributed by atoms with E-state index in [9.17, 15) is 19.2 Å². The van der Waals surface area contributed by atoms with E-state index in [-0.39, 0.29) is 31.3 Å². The summed E-state index contributed by atoms with van der Waals surface area (Å²) in [5.41, 5.74) is 4.21. The average Bonchev–Trinajstić information content (AvgIpc) is 3.13. The smallest absolute Gasteiger partial charge is 0.337 e. The molecule has 3 aromatic carbocycles. The number of carbonyl (C=O) groups excluding carboxylic acids is 4. The standard InChI is InChI=1S/C48H71NO8Si/c1-12-54-42(51)33-41(50)34-49(29-19-13-15-22-38-27-28-39-23-17-18-24-40(39)32-38)45(52)43(55-30-20-14-16-21-37-26-25-35(2)36(3)31-37)44(46(53)56-47(4,5)6)57-58(10,11)48(7,8)9/h17-18,23-28,31-32,43-44H,12-16,19-22,29-30,33-34H2,1-11H3/t43-,44-/m1/s1. The molecule has 0 unspecified atom stereocenters. The number of ketones is 1. The first kappa shape index (κ1) is 48.5. The van der Waals surface area contributed by atoms with Gasteiger partial charge >= 0.3 is 11.9 Å². The lowest BCUT2D eigenvalue weighted by Gasteiger charge is -2.41. The van der Waals surface area contributed by atoms with Crippen molar-refractivity contribution in [3.63, 3.8) is 0 Å². The number of esters is 2. The molecule has 0 saturated heterocycles. The number of hydrogen-bond donors (Lipinski definition) is 0. The van der Waals surface area contributed by atoms with Crippen LogP contribution >= 0.6 is 0 Å². The zero-order chi connectivity index (χ0) is 43.1. The van der Waals surface area contributed by atoms with E-state index in [1.54, 1.807) is 27.7 Å². The number of fused-ring (bicyclic) bond motifs is 1. The molecule has 0 radical (unpaired) electrons. The first-order valence-electron chi connectivity index (χ1n) is 21.2. The predicted molar refractivity (Wildman–Crippen MR) is 235 cm³/mol. The van der Waals surface area contributed by atoms with Gasteiger partial charge in [0.15, 0.2) is 26.3 Å². The van der Waals surface area contributed by atoms with Crippen LogP contribution in [0.5, 0.6) is 0 Å². The Bertz CT molecular complexity index is 1810. The third-order valence-corrected chi connectivity index (χ3v) is 15.4. The van der Waals surface area contributed by atoms with Gasteiger partial charge in [-0.1, -0.05) is 94.3 Å². The quantitative estimate of drug-likeness (QED) is 0.0403. The molecule has 0 spiro atoms. The Morgan fingerprint density at radius 1 is 0.724 bits per heavy atom. The molecule has 0 bridgehead atoms. The molecule has 0 aliphatic carbocycles. The number of nitrogens with zero attached hydrogens (tertiary/aromatic N) is 1. The summed E-state index contributed by atoms with van der Waals surface area (Å²) < 4.78 is 24.2. The maximum Gasteiger partial charge on any atom is 0.337 e. The van der Waals surface area contributed by atoms with E-state index in [4.69, 9.17) is 18.6 Å². The number of aryl methyl sites for hydroxylation is 4. The van der Waals surface area contributed by atoms with Crippen LogP contribution in [0.25, 0.3) is 10.8 Å². The second-order valence-corrected chi connectivity index (χ2v) is 22.9. The van der Waals surface area contributed by atoms with Crippen LogP contribution < -0.4 is 0 Å². The van der Waals surface area contributed by atoms with E-state index < -0.39 is 56.2 Å². The minimum Gasteiger partial charge on any atom is -0.466 e. The summed E-state index contributed by atoms with van der Waals surface area (Å²) in [4.78, 5) is 56.1. The molecule has 1 amide bonds. The summed E-state index contributed by atoms with van der Waals surface area (Å²) in [7, 11) is -2.68. The average molecular weight is 818 g/mol. The van der Waals surface area contributed by atoms with Crippen LogP contribution in [0.4, 0.5) is 0 Å². The van der Waals surface area contributed by atoms with Gasteiger partial charge in [-0.15, -0.1) is 0 Å². The molecular formula is C48H71NO8Si. The maximum absolute atomic E-state index is 14.9. The van der Waals surface area contributed by atoms with Gasteiger partial charge in [0.2, 0.25) is 0 Å². The van der Waals surface area contributed by atoms with Crippen molar-refractivity contribution in [2.24, 2.45) is 0 Å². The van der Waals surface area contributed by atoms with Gasteiger partial charge in [0.25, 0.3) is 5.91 Å². The van der Waals surface area contributed by atoms with Gasteiger partial charge < -0.3 is 23.5 Å². The van der Waals surface area contributed by atoms with Crippen molar-refractivity contribution in [2.45, 2.75) is 156 Å². The van der Waals surface area contributed by atoms with Gasteiger partial charge in [-0.25, -0.2) is 4.79 Å². The zero-order valence-corrected chi connectivity index (χ0v) is 38.3. The molecule has 10 heteroatoms. The lowest BCUT2D eigenvalue weighted by atomic mass is 10.0. The van der Waals surface area contributed by atoms with Gasteiger partial charge in [0.1, 0.15) is 12.0 Å². The van der Waals surface area contributed by atoms with Crippen LogP contribution in [0.15, 0.2) is 60.7 Å². The second-order valence-electron chi connectivity index (χ2n) is 18.1. The molecule has 320 valence electrons. The SMILES string of the molecule is CCOC(=O)CC(=O)CN(CCCCCc1ccc2ccccc2c1)C(=O)[C@H](OCCCCCc1ccc(C)c(C)c1)[C@@H](O[Si](C)(C)C(C)(C)C)C(=O)OC(C)(C)C. The van der Waals surface area contributed by atoms with E-state index >= 15 is 0 Å². The third-order valence-electron chi connectivity index (χ3n) is 10.9. The van der Waals surface area contributed by atoms with Crippen LogP contribution in [-0.4, -0.2) is 81.0 Å². The Balaban J connectivity index is 1.86. The highest BCUT2D eigenvalue weighted by molar-refractivity contribution is 6.74. The van der Waals surface area contributed by atoms with Crippen LogP contribution in [0.2, 0.25) is 18.1 Å². The summed E-state index contributed by atoms with van der Waals surface area (Å²) in [5.74, 6) is -2.31. The van der Waals surface area contributed by atoms with Crippen molar-refractivity contribution in [2.75, 3.05) is 26.3 Å². The van der Waals surface area contributed by atoms with Crippen LogP contribution in [0, 0.1) is 13.8 Å². The van der Waals surface area contributed by atoms with Gasteiger partial charge in [0, 0.05) is 13.2 Å². The van der Waals surface area contributed by atoms with Crippen molar-refractivity contribution >= 4 is 42.7 Å². The summed E-state index contributed by atoms with van der Waals surface area (Å²) in [6, 6.07) is 21.3. The van der Waals surface area contributed by atoms with E-state index in [1.807, 2.05) is 25.2 Å². The number of hydrogen-bond acceptors (Lipinski definition) is 8. The number of rotatable bonds is 23. The van der Waals surface area contributed by atoms with E-state index in [0.29, 0.717) is 12.8 Å². The third kappa shape index (κ3) is 16.1. The molecular weight excluding hydrogens is 747 g/mol. The summed E-state index contributed by atoms with van der Waals surface area (Å²) in [6.07, 6.45) is 3.35. The molecule has 0 saturated carbocycles. The minimum atomic E-state index is -2.68. The fourth-order valence-corrected chi connectivity index (χ4v) is 7.65. The molecule has 58 heavy (non-hydrogen) atoms. The summed E-state index contributed by atoms with van der Waals surface area (Å²) in [6.45, 7) is 21.8. The highest BCUT2D eigenvalue weighted by Crippen LogP contribution is 2.38. The van der Waals surface area contributed by atoms with Crippen molar-refractivity contribution in [1.29, 1.82) is 0 Å². The van der Waals surface area contributed by atoms with Crippen molar-refractivity contribution in [3.05, 3.63) is 82.9 Å². The molecule has 0 N–H and O–H groups in total. The van der Waals surface area contributed by atoms with Gasteiger partial charge in [0.05, 0.1) is 13.2 Å². The first-order valence-corrected chi connectivity index (χ1v) is 24.1. The Morgan fingerprint density at radius 2 is 1.34 bits per heavy atom. The van der Waals surface area contributed by atoms with Gasteiger partial charge in [-0.3, -0.25) is 14.4 Å². The van der Waals surface area contributed by atoms with Crippen molar-refractivity contribution in [1.82, 2.24) is 4.90 Å². The highest BCUT2D eigenvalue weighted by Gasteiger charge is 2.47. The highest BCUT2D eigenvalue weighted by atomic mass is 28.4. The van der Waals surface area contributed by atoms with E-state index in [1.165, 1.54) is 37.9 Å². The number of Topliss-reactive ketones (excluding diaryl/α,β-unsaturated/α-hetero) is 1. The molecule has 0 aromatic heterocycles. The van der Waals surface area contributed by atoms with E-state index in [0.717, 1.165) is 38.5 Å². The Morgan fingerprint density at radius 3 is 1.97 bits per heavy atom.